The first-order valence-electron chi connectivity index (χ1n) is 10.6. The van der Waals surface area contributed by atoms with Gasteiger partial charge >= 0.3 is 0 Å². The molecule has 0 radical (unpaired) electrons. The number of rotatable bonds is 4. The van der Waals surface area contributed by atoms with Crippen LogP contribution in [0, 0.1) is 0 Å². The summed E-state index contributed by atoms with van der Waals surface area (Å²) in [5, 5.41) is 11.1. The van der Waals surface area contributed by atoms with Gasteiger partial charge in [0.25, 0.3) is 5.91 Å². The Balaban J connectivity index is 1.47. The van der Waals surface area contributed by atoms with Crippen molar-refractivity contribution in [2.45, 2.75) is 58.2 Å². The molecule has 30 heavy (non-hydrogen) atoms. The van der Waals surface area contributed by atoms with E-state index in [-0.39, 0.29) is 23.4 Å². The second-order valence-electron chi connectivity index (χ2n) is 9.17. The number of carbonyl (C=O) groups excluding carboxylic acids is 1. The monoisotopic (exact) mass is 402 g/mol. The molecule has 2 heterocycles. The Bertz CT molecular complexity index is 1020. The summed E-state index contributed by atoms with van der Waals surface area (Å²) in [5.74, 6) is 0.688. The first-order valence-corrected chi connectivity index (χ1v) is 10.6. The van der Waals surface area contributed by atoms with Crippen LogP contribution in [0.1, 0.15) is 73.2 Å². The molecule has 2 atom stereocenters. The maximum absolute atomic E-state index is 12.9. The van der Waals surface area contributed by atoms with Gasteiger partial charge in [0, 0.05) is 6.54 Å². The highest BCUT2D eigenvalue weighted by molar-refractivity contribution is 5.98. The maximum atomic E-state index is 12.9. The lowest BCUT2D eigenvalue weighted by Crippen LogP contribution is -2.28. The van der Waals surface area contributed by atoms with Crippen LogP contribution in [0.25, 0.3) is 0 Å². The maximum Gasteiger partial charge on any atom is 0.256 e. The molecule has 1 aliphatic heterocycles. The van der Waals surface area contributed by atoms with Gasteiger partial charge in [-0.1, -0.05) is 75.4 Å². The number of aromatic nitrogens is 2. The molecule has 2 unspecified atom stereocenters. The van der Waals surface area contributed by atoms with Crippen LogP contribution >= 0.6 is 0 Å². The quantitative estimate of drug-likeness (QED) is 0.628. The SMILES string of the molecule is CC1CC(c2ccccc2)Nc2c(C(=O)NCc3ccc(C(C)(C)C)cc3)cnn21. The van der Waals surface area contributed by atoms with Gasteiger partial charge in [-0.15, -0.1) is 0 Å². The van der Waals surface area contributed by atoms with Crippen LogP contribution in [-0.2, 0) is 12.0 Å². The number of carbonyl (C=O) groups is 1. The number of hydrogen-bond donors (Lipinski definition) is 2. The van der Waals surface area contributed by atoms with Gasteiger partial charge in [0.1, 0.15) is 11.4 Å². The first kappa shape index (κ1) is 20.2. The molecule has 0 spiro atoms. The van der Waals surface area contributed by atoms with Crippen molar-refractivity contribution in [1.29, 1.82) is 0 Å². The third kappa shape index (κ3) is 4.11. The van der Waals surface area contributed by atoms with E-state index in [1.54, 1.807) is 6.20 Å². The van der Waals surface area contributed by atoms with E-state index < -0.39 is 0 Å². The van der Waals surface area contributed by atoms with Crippen LogP contribution in [0.15, 0.2) is 60.8 Å². The lowest BCUT2D eigenvalue weighted by molar-refractivity contribution is 0.0951. The lowest BCUT2D eigenvalue weighted by Gasteiger charge is -2.31. The summed E-state index contributed by atoms with van der Waals surface area (Å²) in [6, 6.07) is 19.2. The Morgan fingerprint density at radius 1 is 1.13 bits per heavy atom. The van der Waals surface area contributed by atoms with E-state index in [2.05, 4.69) is 79.8 Å². The van der Waals surface area contributed by atoms with Crippen molar-refractivity contribution in [1.82, 2.24) is 15.1 Å². The Hall–Kier alpha value is -3.08. The van der Waals surface area contributed by atoms with E-state index in [4.69, 9.17) is 0 Å². The van der Waals surface area contributed by atoms with Gasteiger partial charge < -0.3 is 10.6 Å². The second kappa shape index (κ2) is 7.98. The molecule has 0 bridgehead atoms. The van der Waals surface area contributed by atoms with Crippen LogP contribution in [0.3, 0.4) is 0 Å². The molecule has 2 N–H and O–H groups in total. The highest BCUT2D eigenvalue weighted by Crippen LogP contribution is 2.36. The van der Waals surface area contributed by atoms with Crippen molar-refractivity contribution in [3.8, 4) is 0 Å². The van der Waals surface area contributed by atoms with Crippen molar-refractivity contribution in [2.75, 3.05) is 5.32 Å². The van der Waals surface area contributed by atoms with Gasteiger partial charge in [0.2, 0.25) is 0 Å². The van der Waals surface area contributed by atoms with Gasteiger partial charge in [-0.2, -0.15) is 5.10 Å². The normalized spacial score (nSPS) is 18.4. The average Bonchev–Trinajstić information content (AvgIpc) is 3.17. The van der Waals surface area contributed by atoms with Gasteiger partial charge in [-0.05, 0) is 35.4 Å². The van der Waals surface area contributed by atoms with E-state index in [0.29, 0.717) is 12.1 Å². The number of amides is 1. The molecule has 2 aromatic carbocycles. The van der Waals surface area contributed by atoms with Crippen LogP contribution in [0.5, 0.6) is 0 Å². The minimum atomic E-state index is -0.107. The number of nitrogens with zero attached hydrogens (tertiary/aromatic N) is 2. The summed E-state index contributed by atoms with van der Waals surface area (Å²) in [6.45, 7) is 9.23. The minimum absolute atomic E-state index is 0.107. The molecule has 5 heteroatoms. The van der Waals surface area contributed by atoms with Crippen molar-refractivity contribution < 1.29 is 4.79 Å². The van der Waals surface area contributed by atoms with Crippen LogP contribution in [-0.4, -0.2) is 15.7 Å². The summed E-state index contributed by atoms with van der Waals surface area (Å²) in [6.07, 6.45) is 2.60. The summed E-state index contributed by atoms with van der Waals surface area (Å²) < 4.78 is 1.92. The standard InChI is InChI=1S/C25H30N4O/c1-17-14-22(19-8-6-5-7-9-19)28-23-21(16-27-29(17)23)24(30)26-15-18-10-12-20(13-11-18)25(2,3)4/h5-13,16-17,22,28H,14-15H2,1-4H3,(H,26,30). The highest BCUT2D eigenvalue weighted by atomic mass is 16.1. The van der Waals surface area contributed by atoms with Crippen LogP contribution in [0.4, 0.5) is 5.82 Å². The van der Waals surface area contributed by atoms with Crippen molar-refractivity contribution in [2.24, 2.45) is 0 Å². The summed E-state index contributed by atoms with van der Waals surface area (Å²) >= 11 is 0. The predicted molar refractivity (Wildman–Crippen MR) is 121 cm³/mol. The van der Waals surface area contributed by atoms with Crippen LogP contribution < -0.4 is 10.6 Å². The predicted octanol–water partition coefficient (Wildman–Crippen LogP) is 5.23. The number of nitrogens with one attached hydrogen (secondary N) is 2. The molecule has 0 saturated heterocycles. The molecule has 1 aromatic heterocycles. The fourth-order valence-corrected chi connectivity index (χ4v) is 3.98. The molecule has 4 rings (SSSR count). The molecule has 5 nitrogen and oxygen atoms in total. The summed E-state index contributed by atoms with van der Waals surface area (Å²) in [4.78, 5) is 12.9. The fraction of sp³-hybridized carbons (Fsp3) is 0.360. The van der Waals surface area contributed by atoms with E-state index in [1.165, 1.54) is 11.1 Å². The zero-order valence-corrected chi connectivity index (χ0v) is 18.1. The molecule has 0 fully saturated rings. The van der Waals surface area contributed by atoms with E-state index in [1.807, 2.05) is 22.9 Å². The van der Waals surface area contributed by atoms with Gasteiger partial charge in [0.15, 0.2) is 0 Å². The number of fused-ring (bicyclic) bond motifs is 1. The van der Waals surface area contributed by atoms with Crippen molar-refractivity contribution >= 4 is 11.7 Å². The highest BCUT2D eigenvalue weighted by Gasteiger charge is 2.29. The van der Waals surface area contributed by atoms with Crippen LogP contribution in [0.2, 0.25) is 0 Å². The number of anilines is 1. The zero-order chi connectivity index (χ0) is 21.3. The third-order valence-electron chi connectivity index (χ3n) is 5.82. The third-order valence-corrected chi connectivity index (χ3v) is 5.82. The Morgan fingerprint density at radius 3 is 2.50 bits per heavy atom. The van der Waals surface area contributed by atoms with E-state index in [0.717, 1.165) is 17.8 Å². The largest absolute Gasteiger partial charge is 0.363 e. The summed E-state index contributed by atoms with van der Waals surface area (Å²) in [5.41, 5.74) is 4.31. The molecule has 156 valence electrons. The topological polar surface area (TPSA) is 59.0 Å². The first-order chi connectivity index (χ1) is 14.3. The number of benzene rings is 2. The molecule has 1 aliphatic rings. The van der Waals surface area contributed by atoms with Gasteiger partial charge in [-0.25, -0.2) is 4.68 Å². The smallest absolute Gasteiger partial charge is 0.256 e. The minimum Gasteiger partial charge on any atom is -0.363 e. The Morgan fingerprint density at radius 2 is 1.83 bits per heavy atom. The van der Waals surface area contributed by atoms with Crippen molar-refractivity contribution in [3.05, 3.63) is 83.0 Å². The van der Waals surface area contributed by atoms with Gasteiger partial charge in [-0.3, -0.25) is 4.79 Å². The van der Waals surface area contributed by atoms with E-state index in [9.17, 15) is 4.79 Å². The average molecular weight is 403 g/mol. The molecular weight excluding hydrogens is 372 g/mol. The molecular formula is C25H30N4O. The van der Waals surface area contributed by atoms with Gasteiger partial charge in [0.05, 0.1) is 18.3 Å². The molecule has 1 amide bonds. The Labute approximate surface area is 178 Å². The molecule has 3 aromatic rings. The lowest BCUT2D eigenvalue weighted by atomic mass is 9.87. The fourth-order valence-electron chi connectivity index (χ4n) is 3.98. The van der Waals surface area contributed by atoms with E-state index >= 15 is 0 Å². The summed E-state index contributed by atoms with van der Waals surface area (Å²) in [7, 11) is 0. The molecule has 0 aliphatic carbocycles. The second-order valence-corrected chi connectivity index (χ2v) is 9.17. The van der Waals surface area contributed by atoms with Crippen molar-refractivity contribution in [3.63, 3.8) is 0 Å². The number of hydrogen-bond acceptors (Lipinski definition) is 3. The zero-order valence-electron chi connectivity index (χ0n) is 18.1. The molecule has 0 saturated carbocycles. The Kier molecular flexibility index (Phi) is 5.37.